The highest BCUT2D eigenvalue weighted by molar-refractivity contribution is 5.94. The van der Waals surface area contributed by atoms with E-state index in [2.05, 4.69) is 12.2 Å². The Kier molecular flexibility index (Phi) is 6.93. The summed E-state index contributed by atoms with van der Waals surface area (Å²) in [6.07, 6.45) is 7.02. The monoisotopic (exact) mass is 267 g/mol. The van der Waals surface area contributed by atoms with Gasteiger partial charge in [-0.3, -0.25) is 0 Å². The molecule has 0 unspecified atom stereocenters. The predicted molar refractivity (Wildman–Crippen MR) is 75.2 cm³/mol. The Hall–Kier alpha value is -1.58. The van der Waals surface area contributed by atoms with Crippen molar-refractivity contribution in [3.8, 4) is 0 Å². The van der Waals surface area contributed by atoms with Crippen LogP contribution in [0.4, 0.5) is 10.1 Å². The van der Waals surface area contributed by atoms with Gasteiger partial charge >= 0.3 is 5.97 Å². The van der Waals surface area contributed by atoms with Gasteiger partial charge in [-0.15, -0.1) is 0 Å². The van der Waals surface area contributed by atoms with E-state index in [0.717, 1.165) is 12.8 Å². The predicted octanol–water partition coefficient (Wildman–Crippen LogP) is 4.30. The summed E-state index contributed by atoms with van der Waals surface area (Å²) in [5, 5.41) is 12.0. The van der Waals surface area contributed by atoms with Crippen molar-refractivity contribution >= 4 is 11.7 Å². The molecule has 0 amide bonds. The van der Waals surface area contributed by atoms with E-state index in [1.165, 1.54) is 37.8 Å². The van der Waals surface area contributed by atoms with Crippen LogP contribution in [0, 0.1) is 5.82 Å². The first-order chi connectivity index (χ1) is 9.16. The molecule has 0 saturated heterocycles. The zero-order valence-electron chi connectivity index (χ0n) is 11.4. The van der Waals surface area contributed by atoms with Crippen LogP contribution in [0.15, 0.2) is 18.2 Å². The second-order valence-corrected chi connectivity index (χ2v) is 4.66. The molecule has 0 radical (unpaired) electrons. The highest BCUT2D eigenvalue weighted by Gasteiger charge is 2.14. The summed E-state index contributed by atoms with van der Waals surface area (Å²) in [5.41, 5.74) is 0.0922. The summed E-state index contributed by atoms with van der Waals surface area (Å²) in [5.74, 6) is -1.93. The molecule has 0 spiro atoms. The number of hydrogen-bond acceptors (Lipinski definition) is 2. The van der Waals surface area contributed by atoms with Crippen LogP contribution >= 0.6 is 0 Å². The lowest BCUT2D eigenvalue weighted by molar-refractivity contribution is 0.0693. The molecule has 1 aromatic rings. The fourth-order valence-electron chi connectivity index (χ4n) is 2.02. The van der Waals surface area contributed by atoms with E-state index in [9.17, 15) is 9.18 Å². The first-order valence-electron chi connectivity index (χ1n) is 6.92. The van der Waals surface area contributed by atoms with Gasteiger partial charge in [-0.05, 0) is 18.6 Å². The van der Waals surface area contributed by atoms with E-state index in [1.807, 2.05) is 0 Å². The Bertz CT molecular complexity index is 407. The molecule has 0 aliphatic heterocycles. The molecule has 19 heavy (non-hydrogen) atoms. The fourth-order valence-corrected chi connectivity index (χ4v) is 2.02. The van der Waals surface area contributed by atoms with Crippen molar-refractivity contribution in [3.63, 3.8) is 0 Å². The summed E-state index contributed by atoms with van der Waals surface area (Å²) in [6, 6.07) is 4.29. The number of benzene rings is 1. The van der Waals surface area contributed by atoms with Gasteiger partial charge in [0, 0.05) is 6.54 Å². The lowest BCUT2D eigenvalue weighted by atomic mass is 10.1. The third-order valence-corrected chi connectivity index (χ3v) is 3.07. The number of halogens is 1. The summed E-state index contributed by atoms with van der Waals surface area (Å²) < 4.78 is 13.4. The molecule has 0 atom stereocenters. The average molecular weight is 267 g/mol. The summed E-state index contributed by atoms with van der Waals surface area (Å²) in [4.78, 5) is 11.0. The number of carboxylic acid groups (broad SMARTS) is 1. The zero-order chi connectivity index (χ0) is 14.1. The Labute approximate surface area is 113 Å². The standard InChI is InChI=1S/C15H22FNO2/c1-2-3-4-5-6-7-11-17-13-10-8-9-12(16)14(13)15(18)19/h8-10,17H,2-7,11H2,1H3,(H,18,19). The molecule has 0 bridgehead atoms. The van der Waals surface area contributed by atoms with Crippen molar-refractivity contribution in [2.24, 2.45) is 0 Å². The molecule has 2 N–H and O–H groups in total. The molecule has 3 nitrogen and oxygen atoms in total. The van der Waals surface area contributed by atoms with E-state index in [0.29, 0.717) is 12.2 Å². The van der Waals surface area contributed by atoms with Crippen LogP contribution in [-0.2, 0) is 0 Å². The van der Waals surface area contributed by atoms with Crippen molar-refractivity contribution in [3.05, 3.63) is 29.6 Å². The van der Waals surface area contributed by atoms with Crippen LogP contribution in [0.25, 0.3) is 0 Å². The first-order valence-corrected chi connectivity index (χ1v) is 6.92. The SMILES string of the molecule is CCCCCCCCNc1cccc(F)c1C(=O)O. The van der Waals surface area contributed by atoms with Crippen LogP contribution in [0.2, 0.25) is 0 Å². The van der Waals surface area contributed by atoms with Gasteiger partial charge in [-0.25, -0.2) is 9.18 Å². The molecule has 0 fully saturated rings. The zero-order valence-corrected chi connectivity index (χ0v) is 11.4. The molecule has 0 aliphatic carbocycles. The molecule has 1 rings (SSSR count). The van der Waals surface area contributed by atoms with Gasteiger partial charge in [-0.1, -0.05) is 45.1 Å². The number of carboxylic acids is 1. The van der Waals surface area contributed by atoms with Crippen LogP contribution in [-0.4, -0.2) is 17.6 Å². The number of aromatic carboxylic acids is 1. The van der Waals surface area contributed by atoms with Crippen molar-refractivity contribution in [2.75, 3.05) is 11.9 Å². The van der Waals surface area contributed by atoms with Crippen LogP contribution in [0.1, 0.15) is 55.8 Å². The molecule has 0 aliphatic rings. The number of rotatable bonds is 9. The third-order valence-electron chi connectivity index (χ3n) is 3.07. The van der Waals surface area contributed by atoms with Crippen molar-refractivity contribution < 1.29 is 14.3 Å². The molecular formula is C15H22FNO2. The van der Waals surface area contributed by atoms with Gasteiger partial charge < -0.3 is 10.4 Å². The lowest BCUT2D eigenvalue weighted by Crippen LogP contribution is -2.09. The van der Waals surface area contributed by atoms with Gasteiger partial charge in [0.1, 0.15) is 11.4 Å². The molecule has 0 heterocycles. The highest BCUT2D eigenvalue weighted by atomic mass is 19.1. The molecule has 0 aromatic heterocycles. The quantitative estimate of drug-likeness (QED) is 0.656. The Balaban J connectivity index is 2.37. The molecule has 106 valence electrons. The number of hydrogen-bond donors (Lipinski definition) is 2. The van der Waals surface area contributed by atoms with Crippen LogP contribution in [0.5, 0.6) is 0 Å². The molecule has 4 heteroatoms. The normalized spacial score (nSPS) is 10.4. The highest BCUT2D eigenvalue weighted by Crippen LogP contribution is 2.19. The van der Waals surface area contributed by atoms with Gasteiger partial charge in [0.2, 0.25) is 0 Å². The molecule has 1 aromatic carbocycles. The van der Waals surface area contributed by atoms with E-state index in [-0.39, 0.29) is 5.56 Å². The minimum Gasteiger partial charge on any atom is -0.478 e. The number of anilines is 1. The minimum atomic E-state index is -1.23. The Morgan fingerprint density at radius 1 is 1.21 bits per heavy atom. The van der Waals surface area contributed by atoms with E-state index in [4.69, 9.17) is 5.11 Å². The molecule has 0 saturated carbocycles. The Morgan fingerprint density at radius 2 is 1.89 bits per heavy atom. The third kappa shape index (κ3) is 5.28. The summed E-state index contributed by atoms with van der Waals surface area (Å²) in [7, 11) is 0. The first kappa shape index (κ1) is 15.5. The summed E-state index contributed by atoms with van der Waals surface area (Å²) >= 11 is 0. The van der Waals surface area contributed by atoms with Crippen molar-refractivity contribution in [1.82, 2.24) is 0 Å². The van der Waals surface area contributed by atoms with Gasteiger partial charge in [0.15, 0.2) is 0 Å². The summed E-state index contributed by atoms with van der Waals surface area (Å²) in [6.45, 7) is 2.86. The topological polar surface area (TPSA) is 49.3 Å². The maximum atomic E-state index is 13.4. The largest absolute Gasteiger partial charge is 0.478 e. The maximum absolute atomic E-state index is 13.4. The van der Waals surface area contributed by atoms with Crippen molar-refractivity contribution in [1.29, 1.82) is 0 Å². The van der Waals surface area contributed by atoms with E-state index in [1.54, 1.807) is 6.07 Å². The minimum absolute atomic E-state index is 0.270. The van der Waals surface area contributed by atoms with Gasteiger partial charge in [0.25, 0.3) is 0 Å². The van der Waals surface area contributed by atoms with Crippen molar-refractivity contribution in [2.45, 2.75) is 45.4 Å². The second kappa shape index (κ2) is 8.51. The number of carbonyl (C=O) groups is 1. The molecular weight excluding hydrogens is 245 g/mol. The lowest BCUT2D eigenvalue weighted by Gasteiger charge is -2.10. The maximum Gasteiger partial charge on any atom is 0.340 e. The smallest absolute Gasteiger partial charge is 0.340 e. The average Bonchev–Trinajstić information content (AvgIpc) is 2.37. The Morgan fingerprint density at radius 3 is 2.58 bits per heavy atom. The number of nitrogens with one attached hydrogen (secondary N) is 1. The van der Waals surface area contributed by atoms with Gasteiger partial charge in [-0.2, -0.15) is 0 Å². The number of unbranched alkanes of at least 4 members (excludes halogenated alkanes) is 5. The van der Waals surface area contributed by atoms with Gasteiger partial charge in [0.05, 0.1) is 5.69 Å². The van der Waals surface area contributed by atoms with Crippen LogP contribution in [0.3, 0.4) is 0 Å². The second-order valence-electron chi connectivity index (χ2n) is 4.66. The van der Waals surface area contributed by atoms with E-state index >= 15 is 0 Å². The van der Waals surface area contributed by atoms with E-state index < -0.39 is 11.8 Å². The fraction of sp³-hybridized carbons (Fsp3) is 0.533. The van der Waals surface area contributed by atoms with Crippen LogP contribution < -0.4 is 5.32 Å².